The van der Waals surface area contributed by atoms with Crippen LogP contribution in [0.25, 0.3) is 0 Å². The molecule has 1 N–H and O–H groups in total. The molecule has 1 aliphatic heterocycles. The number of anilines is 1. The lowest BCUT2D eigenvalue weighted by atomic mass is 9.95. The van der Waals surface area contributed by atoms with Gasteiger partial charge in [-0.2, -0.15) is 0 Å². The van der Waals surface area contributed by atoms with Gasteiger partial charge in [-0.25, -0.2) is 4.98 Å². The number of aromatic nitrogens is 1. The summed E-state index contributed by atoms with van der Waals surface area (Å²) >= 11 is 6.26. The maximum Gasteiger partial charge on any atom is 0.129 e. The number of nitrogens with one attached hydrogen (secondary N) is 1. The van der Waals surface area contributed by atoms with Crippen molar-refractivity contribution in [1.29, 1.82) is 0 Å². The zero-order chi connectivity index (χ0) is 14.7. The number of pyridine rings is 1. The van der Waals surface area contributed by atoms with Crippen molar-refractivity contribution < 1.29 is 0 Å². The van der Waals surface area contributed by atoms with E-state index in [-0.39, 0.29) is 0 Å². The number of hydrogen-bond donors (Lipinski definition) is 1. The lowest BCUT2D eigenvalue weighted by Crippen LogP contribution is -2.41. The smallest absolute Gasteiger partial charge is 0.129 e. The molecule has 1 aromatic heterocycles. The minimum Gasteiger partial charge on any atom is -0.354 e. The van der Waals surface area contributed by atoms with Gasteiger partial charge in [-0.1, -0.05) is 32.4 Å². The summed E-state index contributed by atoms with van der Waals surface area (Å²) in [6.45, 7) is 10.8. The molecular formula is C16H26ClN3. The molecule has 0 aliphatic carbocycles. The van der Waals surface area contributed by atoms with E-state index in [1.807, 2.05) is 0 Å². The van der Waals surface area contributed by atoms with E-state index in [0.717, 1.165) is 35.4 Å². The molecule has 4 heteroatoms. The third kappa shape index (κ3) is 3.86. The van der Waals surface area contributed by atoms with Gasteiger partial charge in [0, 0.05) is 31.4 Å². The molecular weight excluding hydrogens is 270 g/mol. The number of halogens is 1. The van der Waals surface area contributed by atoms with Gasteiger partial charge in [0.15, 0.2) is 0 Å². The average Bonchev–Trinajstić information content (AvgIpc) is 2.40. The Morgan fingerprint density at radius 2 is 2.15 bits per heavy atom. The standard InChI is InChI=1S/C16H26ClN3/c1-11(2)18-8-14-7-16(19-9-15(14)17)20-10-12(3)5-6-13(20)4/h7,9,11-13,18H,5-6,8,10H2,1-4H3. The summed E-state index contributed by atoms with van der Waals surface area (Å²) in [7, 11) is 0. The molecule has 112 valence electrons. The van der Waals surface area contributed by atoms with Crippen molar-refractivity contribution in [2.45, 2.75) is 59.2 Å². The summed E-state index contributed by atoms with van der Waals surface area (Å²) in [6.07, 6.45) is 4.35. The Hall–Kier alpha value is -0.800. The fourth-order valence-electron chi connectivity index (χ4n) is 2.68. The van der Waals surface area contributed by atoms with Gasteiger partial charge in [0.25, 0.3) is 0 Å². The molecule has 20 heavy (non-hydrogen) atoms. The molecule has 0 bridgehead atoms. The second-order valence-corrected chi connectivity index (χ2v) is 6.76. The predicted molar refractivity (Wildman–Crippen MR) is 86.4 cm³/mol. The molecule has 2 unspecified atom stereocenters. The third-order valence-corrected chi connectivity index (χ3v) is 4.37. The summed E-state index contributed by atoms with van der Waals surface area (Å²) in [4.78, 5) is 6.96. The van der Waals surface area contributed by atoms with Crippen molar-refractivity contribution in [3.8, 4) is 0 Å². The summed E-state index contributed by atoms with van der Waals surface area (Å²) in [6, 6.07) is 3.16. The van der Waals surface area contributed by atoms with Crippen LogP contribution in [0.15, 0.2) is 12.3 Å². The SMILES string of the molecule is CC1CCC(C)N(c2cc(CNC(C)C)c(Cl)cn2)C1. The van der Waals surface area contributed by atoms with Crippen LogP contribution in [0.3, 0.4) is 0 Å². The van der Waals surface area contributed by atoms with Crippen molar-refractivity contribution in [3.05, 3.63) is 22.8 Å². The van der Waals surface area contributed by atoms with Gasteiger partial charge in [0.05, 0.1) is 5.02 Å². The Kier molecular flexibility index (Phi) is 5.28. The molecule has 3 nitrogen and oxygen atoms in total. The topological polar surface area (TPSA) is 28.2 Å². The summed E-state index contributed by atoms with van der Waals surface area (Å²) < 4.78 is 0. The zero-order valence-corrected chi connectivity index (χ0v) is 13.7. The molecule has 0 radical (unpaired) electrons. The first kappa shape index (κ1) is 15.6. The van der Waals surface area contributed by atoms with E-state index in [1.165, 1.54) is 12.8 Å². The van der Waals surface area contributed by atoms with Crippen molar-refractivity contribution >= 4 is 17.4 Å². The average molecular weight is 296 g/mol. The van der Waals surface area contributed by atoms with Crippen LogP contribution in [-0.4, -0.2) is 23.6 Å². The Labute approximate surface area is 127 Å². The minimum absolute atomic E-state index is 0.455. The Balaban J connectivity index is 2.17. The Morgan fingerprint density at radius 1 is 1.40 bits per heavy atom. The maximum atomic E-state index is 6.26. The van der Waals surface area contributed by atoms with E-state index in [4.69, 9.17) is 11.6 Å². The summed E-state index contributed by atoms with van der Waals surface area (Å²) in [5.41, 5.74) is 1.13. The number of nitrogens with zero attached hydrogens (tertiary/aromatic N) is 2. The first-order chi connectivity index (χ1) is 9.47. The maximum absolute atomic E-state index is 6.26. The summed E-state index contributed by atoms with van der Waals surface area (Å²) in [5.74, 6) is 1.80. The highest BCUT2D eigenvalue weighted by Gasteiger charge is 2.24. The largest absolute Gasteiger partial charge is 0.354 e. The third-order valence-electron chi connectivity index (χ3n) is 4.03. The first-order valence-electron chi connectivity index (χ1n) is 7.61. The van der Waals surface area contributed by atoms with Crippen LogP contribution in [-0.2, 0) is 6.54 Å². The molecule has 0 aromatic carbocycles. The van der Waals surface area contributed by atoms with Crippen LogP contribution in [0, 0.1) is 5.92 Å². The van der Waals surface area contributed by atoms with E-state index >= 15 is 0 Å². The van der Waals surface area contributed by atoms with Gasteiger partial charge < -0.3 is 10.2 Å². The Bertz CT molecular complexity index is 447. The quantitative estimate of drug-likeness (QED) is 0.914. The van der Waals surface area contributed by atoms with Crippen LogP contribution < -0.4 is 10.2 Å². The molecule has 2 rings (SSSR count). The fourth-order valence-corrected chi connectivity index (χ4v) is 2.85. The van der Waals surface area contributed by atoms with Gasteiger partial charge in [-0.3, -0.25) is 0 Å². The molecule has 2 atom stereocenters. The minimum atomic E-state index is 0.455. The van der Waals surface area contributed by atoms with Crippen molar-refractivity contribution in [2.24, 2.45) is 5.92 Å². The van der Waals surface area contributed by atoms with Crippen LogP contribution >= 0.6 is 11.6 Å². The van der Waals surface area contributed by atoms with Crippen LogP contribution in [0.5, 0.6) is 0 Å². The highest BCUT2D eigenvalue weighted by atomic mass is 35.5. The second kappa shape index (κ2) is 6.77. The molecule has 1 fully saturated rings. The van der Waals surface area contributed by atoms with Gasteiger partial charge in [0.2, 0.25) is 0 Å². The monoisotopic (exact) mass is 295 g/mol. The van der Waals surface area contributed by atoms with Crippen LogP contribution in [0.1, 0.15) is 46.1 Å². The highest BCUT2D eigenvalue weighted by molar-refractivity contribution is 6.31. The molecule has 0 amide bonds. The zero-order valence-electron chi connectivity index (χ0n) is 13.0. The molecule has 0 spiro atoms. The Morgan fingerprint density at radius 3 is 2.85 bits per heavy atom. The van der Waals surface area contributed by atoms with Crippen molar-refractivity contribution in [2.75, 3.05) is 11.4 Å². The number of rotatable bonds is 4. The molecule has 2 heterocycles. The summed E-state index contributed by atoms with van der Waals surface area (Å²) in [5, 5.41) is 4.17. The van der Waals surface area contributed by atoms with E-state index in [1.54, 1.807) is 6.20 Å². The van der Waals surface area contributed by atoms with Crippen LogP contribution in [0.4, 0.5) is 5.82 Å². The predicted octanol–water partition coefficient (Wildman–Crippen LogP) is 3.86. The molecule has 1 saturated heterocycles. The van der Waals surface area contributed by atoms with Gasteiger partial charge in [-0.05, 0) is 37.3 Å². The molecule has 0 saturated carbocycles. The highest BCUT2D eigenvalue weighted by Crippen LogP contribution is 2.28. The van der Waals surface area contributed by atoms with Gasteiger partial charge >= 0.3 is 0 Å². The molecule has 1 aromatic rings. The van der Waals surface area contributed by atoms with Crippen molar-refractivity contribution in [1.82, 2.24) is 10.3 Å². The van der Waals surface area contributed by atoms with Crippen LogP contribution in [0.2, 0.25) is 5.02 Å². The lowest BCUT2D eigenvalue weighted by molar-refractivity contribution is 0.388. The van der Waals surface area contributed by atoms with E-state index < -0.39 is 0 Å². The molecule has 1 aliphatic rings. The fraction of sp³-hybridized carbons (Fsp3) is 0.688. The number of hydrogen-bond acceptors (Lipinski definition) is 3. The van der Waals surface area contributed by atoms with E-state index in [2.05, 4.69) is 49.0 Å². The van der Waals surface area contributed by atoms with Crippen molar-refractivity contribution in [3.63, 3.8) is 0 Å². The lowest BCUT2D eigenvalue weighted by Gasteiger charge is -2.38. The van der Waals surface area contributed by atoms with E-state index in [9.17, 15) is 0 Å². The van der Waals surface area contributed by atoms with E-state index in [0.29, 0.717) is 12.1 Å². The van der Waals surface area contributed by atoms with Gasteiger partial charge in [0.1, 0.15) is 5.82 Å². The second-order valence-electron chi connectivity index (χ2n) is 6.35. The van der Waals surface area contributed by atoms with Gasteiger partial charge in [-0.15, -0.1) is 0 Å². The first-order valence-corrected chi connectivity index (χ1v) is 7.99. The normalized spacial score (nSPS) is 23.4. The number of piperidine rings is 1.